The van der Waals surface area contributed by atoms with E-state index in [1.54, 1.807) is 60.8 Å². The molecule has 8 N–H and O–H groups in total. The lowest BCUT2D eigenvalue weighted by Crippen LogP contribution is -2.51. The average Bonchev–Trinajstić information content (AvgIpc) is 4.12. The molecule has 6 aromatic rings. The largest absolute Gasteiger partial charge is 0.382 e. The highest BCUT2D eigenvalue weighted by Crippen LogP contribution is 2.57. The maximum atomic E-state index is 15.6. The van der Waals surface area contributed by atoms with Gasteiger partial charge in [0.25, 0.3) is 19.3 Å². The van der Waals surface area contributed by atoms with Crippen molar-refractivity contribution in [1.29, 1.82) is 0 Å². The summed E-state index contributed by atoms with van der Waals surface area (Å²) in [6.45, 7) is 4.18. The topological polar surface area (TPSA) is 375 Å². The highest BCUT2D eigenvalue weighted by Gasteiger charge is 2.47. The molecule has 9 atom stereocenters. The van der Waals surface area contributed by atoms with E-state index in [0.717, 1.165) is 0 Å². The fourth-order valence-corrected chi connectivity index (χ4v) is 13.5. The number of aromatic amines is 2. The predicted molar refractivity (Wildman–Crippen MR) is 270 cm³/mol. The van der Waals surface area contributed by atoms with Gasteiger partial charge in [-0.2, -0.15) is 9.97 Å². The third-order valence-corrected chi connectivity index (χ3v) is 18.9. The van der Waals surface area contributed by atoms with E-state index in [9.17, 15) is 14.2 Å². The second kappa shape index (κ2) is 21.5. The number of ether oxygens (including phenoxy) is 3. The highest BCUT2D eigenvalue weighted by molar-refractivity contribution is 7.54. The lowest BCUT2D eigenvalue weighted by Gasteiger charge is -2.45. The van der Waals surface area contributed by atoms with Gasteiger partial charge in [-0.3, -0.25) is 51.9 Å². The van der Waals surface area contributed by atoms with E-state index in [0.29, 0.717) is 24.3 Å². The van der Waals surface area contributed by atoms with Gasteiger partial charge in [0.2, 0.25) is 11.9 Å². The summed E-state index contributed by atoms with van der Waals surface area (Å²) in [6, 6.07) is 0.0625. The van der Waals surface area contributed by atoms with Crippen LogP contribution in [0.15, 0.2) is 34.9 Å². The van der Waals surface area contributed by atoms with Crippen LogP contribution < -0.4 is 28.3 Å². The molecule has 74 heavy (non-hydrogen) atoms. The molecule has 0 aliphatic carbocycles. The number of nitrogen functional groups attached to an aromatic ring is 3. The van der Waals surface area contributed by atoms with Crippen LogP contribution in [0, 0.1) is 0 Å². The van der Waals surface area contributed by atoms with E-state index in [1.165, 1.54) is 43.9 Å². The second-order valence-corrected chi connectivity index (χ2v) is 25.7. The molecule has 9 unspecified atom stereocenters. The number of morpholine rings is 3. The Morgan fingerprint density at radius 3 is 1.57 bits per heavy atom. The number of anilines is 3. The van der Waals surface area contributed by atoms with Crippen LogP contribution >= 0.6 is 23.5 Å². The molecule has 0 radical (unpaired) electrons. The summed E-state index contributed by atoms with van der Waals surface area (Å²) in [7, 11) is -1.01. The van der Waals surface area contributed by atoms with Crippen LogP contribution in [0.1, 0.15) is 32.5 Å². The number of imidazole rings is 3. The molecule has 3 fully saturated rings. The van der Waals surface area contributed by atoms with Gasteiger partial charge < -0.3 is 45.0 Å². The smallest absolute Gasteiger partial charge is 0.345 e. The number of nitrogens with zero attached hydrogens (tertiary/aromatic N) is 16. The van der Waals surface area contributed by atoms with Gasteiger partial charge in [-0.25, -0.2) is 48.3 Å². The summed E-state index contributed by atoms with van der Waals surface area (Å²) in [5.74, 6) is -0.0789. The van der Waals surface area contributed by atoms with Crippen LogP contribution in [0.2, 0.25) is 0 Å². The zero-order valence-corrected chi connectivity index (χ0v) is 44.8. The van der Waals surface area contributed by atoms with Crippen molar-refractivity contribution in [3.63, 3.8) is 0 Å². The molecule has 3 saturated heterocycles. The zero-order valence-electron chi connectivity index (χ0n) is 42.0. The molecule has 9 heterocycles. The van der Waals surface area contributed by atoms with Crippen molar-refractivity contribution in [2.45, 2.75) is 56.9 Å². The molecular formula is C39H62N21O11P3. The van der Waals surface area contributed by atoms with E-state index in [1.807, 2.05) is 13.8 Å². The Balaban J connectivity index is 0.998. The number of rotatable bonds is 18. The van der Waals surface area contributed by atoms with Crippen molar-refractivity contribution >= 4 is 74.7 Å². The van der Waals surface area contributed by atoms with E-state index in [2.05, 4.69) is 49.8 Å². The van der Waals surface area contributed by atoms with Gasteiger partial charge in [0.15, 0.2) is 33.8 Å². The first-order valence-corrected chi connectivity index (χ1v) is 27.7. The third kappa shape index (κ3) is 10.7. The fourth-order valence-electron chi connectivity index (χ4n) is 8.95. The van der Waals surface area contributed by atoms with Gasteiger partial charge in [-0.15, -0.1) is 0 Å². The Hall–Kier alpha value is -5.14. The minimum absolute atomic E-state index is 0.00312. The SMILES string of the molecule is CC(C)N1CC(COP(=O)(N(C)C)N2CC(COP(=O)(N(C)C)N3CC(CO[PH](=O)N(C)C)OC(n4cnc5c(=O)[nH]c(N)nc54)C3)OC(n3cnc4c(N)ncnc43)C2)OC(n2cnc3c(=O)[nH]c(N)nc32)C1. The molecule has 3 aliphatic rings. The first-order chi connectivity index (χ1) is 35.1. The van der Waals surface area contributed by atoms with Gasteiger partial charge in [0.1, 0.15) is 30.5 Å². The minimum atomic E-state index is -4.07. The molecule has 35 heteroatoms. The molecular weight excluding hydrogens is 1030 g/mol. The number of nitrogens with two attached hydrogens (primary N) is 3. The monoisotopic (exact) mass is 1090 g/mol. The van der Waals surface area contributed by atoms with Gasteiger partial charge in [-0.1, -0.05) is 0 Å². The molecule has 3 aliphatic heterocycles. The summed E-state index contributed by atoms with van der Waals surface area (Å²) in [4.78, 5) is 62.7. The third-order valence-electron chi connectivity index (χ3n) is 12.7. The van der Waals surface area contributed by atoms with E-state index in [4.69, 9.17) is 45.0 Å². The van der Waals surface area contributed by atoms with Gasteiger partial charge in [-0.05, 0) is 56.1 Å². The number of hydrogen-bond acceptors (Lipinski definition) is 22. The van der Waals surface area contributed by atoms with Crippen molar-refractivity contribution in [3.8, 4) is 0 Å². The van der Waals surface area contributed by atoms with Crippen LogP contribution in [-0.4, -0.2) is 213 Å². The average molecular weight is 1090 g/mol. The maximum absolute atomic E-state index is 15.6. The van der Waals surface area contributed by atoms with E-state index >= 15 is 9.13 Å². The van der Waals surface area contributed by atoms with Crippen LogP contribution in [0.25, 0.3) is 33.5 Å². The molecule has 404 valence electrons. The minimum Gasteiger partial charge on any atom is -0.382 e. The van der Waals surface area contributed by atoms with Crippen LogP contribution in [-0.2, 0) is 41.5 Å². The lowest BCUT2D eigenvalue weighted by molar-refractivity contribution is -0.140. The normalized spacial score (nSPS) is 25.0. The van der Waals surface area contributed by atoms with Crippen molar-refractivity contribution in [2.24, 2.45) is 0 Å². The van der Waals surface area contributed by atoms with Crippen molar-refractivity contribution in [3.05, 3.63) is 46.0 Å². The summed E-state index contributed by atoms with van der Waals surface area (Å²) in [5, 5.41) is 0. The van der Waals surface area contributed by atoms with Crippen LogP contribution in [0.5, 0.6) is 0 Å². The lowest BCUT2D eigenvalue weighted by atomic mass is 10.2. The highest BCUT2D eigenvalue weighted by atomic mass is 31.2. The van der Waals surface area contributed by atoms with Gasteiger partial charge >= 0.3 is 15.3 Å². The Morgan fingerprint density at radius 2 is 1.09 bits per heavy atom. The predicted octanol–water partition coefficient (Wildman–Crippen LogP) is 0.186. The molecule has 32 nitrogen and oxygen atoms in total. The van der Waals surface area contributed by atoms with Gasteiger partial charge in [0, 0.05) is 32.2 Å². The Labute approximate surface area is 423 Å². The quantitative estimate of drug-likeness (QED) is 0.0717. The summed E-state index contributed by atoms with van der Waals surface area (Å²) in [6.07, 6.45) is 0.681. The van der Waals surface area contributed by atoms with Crippen LogP contribution in [0.3, 0.4) is 0 Å². The molecule has 0 spiro atoms. The second-order valence-electron chi connectivity index (χ2n) is 18.8. The zero-order chi connectivity index (χ0) is 53.0. The van der Waals surface area contributed by atoms with E-state index in [-0.39, 0.29) is 92.1 Å². The molecule has 0 amide bonds. The number of hydrogen-bond donors (Lipinski definition) is 5. The Kier molecular flexibility index (Phi) is 15.6. The molecule has 0 saturated carbocycles. The molecule has 9 rings (SSSR count). The number of nitrogens with one attached hydrogen (secondary N) is 2. The van der Waals surface area contributed by atoms with Crippen molar-refractivity contribution in [2.75, 3.05) is 119 Å². The summed E-state index contributed by atoms with van der Waals surface area (Å²) < 4.78 is 95.0. The first kappa shape index (κ1) is 53.7. The Bertz CT molecular complexity index is 3240. The Morgan fingerprint density at radius 1 is 0.649 bits per heavy atom. The summed E-state index contributed by atoms with van der Waals surface area (Å²) >= 11 is 0. The standard InChI is InChI=1S/C39H62N21O11P3/c1-22(2)55-9-23(69-26(12-55)59-20-46-30-34(59)48-38(41)50-36(30)61)16-67-74(65,54(7)8)57-11-25(71-27(13-57)58-19-45-29-32(40)43-18-44-33(29)58)17-68-73(64,53(5)6)56-10-24(15-66-72(63)52(3)4)70-28(14-56)60-21-47-31-35(60)49-39(42)51-37(31)62/h18-28,72H,9-17H2,1-8H3,(H2,40,43,44)(H3,41,48,50,61)(H3,42,49,51,62). The maximum Gasteiger partial charge on any atom is 0.345 e. The molecule has 6 aromatic heterocycles. The summed E-state index contributed by atoms with van der Waals surface area (Å²) in [5.41, 5.74) is 18.1. The number of H-pyrrole nitrogens is 2. The first-order valence-electron chi connectivity index (χ1n) is 23.4. The molecule has 0 bridgehead atoms. The van der Waals surface area contributed by atoms with Crippen molar-refractivity contribution < 1.29 is 41.5 Å². The van der Waals surface area contributed by atoms with Crippen LogP contribution in [0.4, 0.5) is 17.7 Å². The number of aromatic nitrogens is 12. The van der Waals surface area contributed by atoms with E-state index < -0.39 is 71.6 Å². The fraction of sp³-hybridized carbons (Fsp3) is 0.615. The van der Waals surface area contributed by atoms with Gasteiger partial charge in [0.05, 0.1) is 70.2 Å². The van der Waals surface area contributed by atoms with Crippen molar-refractivity contribution in [1.82, 2.24) is 86.8 Å². The molecule has 0 aromatic carbocycles. The number of fused-ring (bicyclic) bond motifs is 3.